The van der Waals surface area contributed by atoms with E-state index in [0.29, 0.717) is 33.9 Å². The third-order valence-electron chi connectivity index (χ3n) is 5.57. The summed E-state index contributed by atoms with van der Waals surface area (Å²) in [4.78, 5) is 37.8. The van der Waals surface area contributed by atoms with Crippen LogP contribution in [0.1, 0.15) is 34.3 Å². The number of rotatable bonds is 5. The molecule has 0 spiro atoms. The van der Waals surface area contributed by atoms with Crippen LogP contribution in [0.2, 0.25) is 0 Å². The molecule has 33 heavy (non-hydrogen) atoms. The number of halogens is 2. The van der Waals surface area contributed by atoms with E-state index in [1.165, 1.54) is 14.2 Å². The smallest absolute Gasteiger partial charge is 0.343 e. The zero-order valence-electron chi connectivity index (χ0n) is 18.0. The predicted octanol–water partition coefficient (Wildman–Crippen LogP) is 4.19. The fourth-order valence-corrected chi connectivity index (χ4v) is 6.24. The summed E-state index contributed by atoms with van der Waals surface area (Å²) in [7, 11) is 2.62. The number of benzene rings is 2. The van der Waals surface area contributed by atoms with Crippen LogP contribution in [0.5, 0.6) is 5.75 Å². The molecule has 2 aliphatic rings. The van der Waals surface area contributed by atoms with E-state index in [2.05, 4.69) is 55.2 Å². The van der Waals surface area contributed by atoms with E-state index in [4.69, 9.17) is 9.47 Å². The lowest BCUT2D eigenvalue weighted by atomic mass is 9.80. The van der Waals surface area contributed by atoms with Gasteiger partial charge in [0.2, 0.25) is 0 Å². The molecule has 0 radical (unpaired) electrons. The number of fused-ring (bicyclic) bond motifs is 2. The number of methoxy groups -OCH3 is 2. The van der Waals surface area contributed by atoms with Gasteiger partial charge in [0.15, 0.2) is 12.4 Å². The summed E-state index contributed by atoms with van der Waals surface area (Å²) in [5.41, 5.74) is 4.40. The number of Topliss-reactive ketones (excluding diaryl/α,β-unsaturated/α-hetero) is 1. The van der Waals surface area contributed by atoms with Gasteiger partial charge in [0, 0.05) is 28.3 Å². The maximum absolute atomic E-state index is 13.5. The molecule has 4 rings (SSSR count). The molecule has 1 heterocycles. The number of hydrogen-bond donors (Lipinski definition) is 1. The van der Waals surface area contributed by atoms with Gasteiger partial charge >= 0.3 is 11.9 Å². The highest BCUT2D eigenvalue weighted by atomic mass is 127. The van der Waals surface area contributed by atoms with Crippen LogP contribution in [0, 0.1) is 7.14 Å². The second-order valence-electron chi connectivity index (χ2n) is 7.43. The maximum atomic E-state index is 13.5. The lowest BCUT2D eigenvalue weighted by Crippen LogP contribution is -2.29. The molecule has 0 amide bonds. The average Bonchev–Trinajstić information content (AvgIpc) is 3.08. The molecule has 9 heteroatoms. The molecule has 0 unspecified atom stereocenters. The van der Waals surface area contributed by atoms with E-state index in [0.717, 1.165) is 18.3 Å². The molecular formula is C24H19I2NO6. The van der Waals surface area contributed by atoms with Crippen LogP contribution in [0.4, 0.5) is 0 Å². The van der Waals surface area contributed by atoms with Crippen LogP contribution < -0.4 is 10.1 Å². The van der Waals surface area contributed by atoms with Crippen molar-refractivity contribution in [2.75, 3.05) is 20.8 Å². The molecule has 0 fully saturated rings. The van der Waals surface area contributed by atoms with E-state index >= 15 is 0 Å². The third-order valence-corrected chi connectivity index (χ3v) is 7.17. The van der Waals surface area contributed by atoms with Gasteiger partial charge in [-0.15, -0.1) is 0 Å². The number of dihydropyridines is 1. The van der Waals surface area contributed by atoms with Crippen LogP contribution in [-0.2, 0) is 19.1 Å². The number of ketones is 1. The summed E-state index contributed by atoms with van der Waals surface area (Å²) >= 11 is 4.24. The first-order valence-electron chi connectivity index (χ1n) is 9.91. The minimum atomic E-state index is -0.620. The molecule has 1 atom stereocenters. The van der Waals surface area contributed by atoms with Crippen molar-refractivity contribution in [1.82, 2.24) is 5.32 Å². The fourth-order valence-electron chi connectivity index (χ4n) is 4.12. The molecule has 0 saturated heterocycles. The van der Waals surface area contributed by atoms with Crippen molar-refractivity contribution in [2.45, 2.75) is 12.8 Å². The Kier molecular flexibility index (Phi) is 6.80. The Morgan fingerprint density at radius 1 is 1.03 bits per heavy atom. The van der Waals surface area contributed by atoms with Crippen LogP contribution in [0.25, 0.3) is 5.70 Å². The Morgan fingerprint density at radius 3 is 2.27 bits per heavy atom. The van der Waals surface area contributed by atoms with E-state index in [-0.39, 0.29) is 12.4 Å². The summed E-state index contributed by atoms with van der Waals surface area (Å²) in [5, 5.41) is 3.27. The Morgan fingerprint density at radius 2 is 1.67 bits per heavy atom. The van der Waals surface area contributed by atoms with Crippen molar-refractivity contribution in [1.29, 1.82) is 0 Å². The van der Waals surface area contributed by atoms with Crippen molar-refractivity contribution in [3.8, 4) is 5.75 Å². The van der Waals surface area contributed by atoms with Gasteiger partial charge in [0.05, 0.1) is 32.6 Å². The molecule has 0 saturated carbocycles. The second kappa shape index (κ2) is 9.45. The normalized spacial score (nSPS) is 16.8. The Hall–Kier alpha value is -2.41. The lowest BCUT2D eigenvalue weighted by Gasteiger charge is -2.29. The minimum Gasteiger partial charge on any atom is -0.480 e. The van der Waals surface area contributed by atoms with Crippen LogP contribution in [-0.4, -0.2) is 38.5 Å². The molecule has 2 aromatic carbocycles. The van der Waals surface area contributed by atoms with E-state index in [1.54, 1.807) is 13.0 Å². The maximum Gasteiger partial charge on any atom is 0.343 e. The minimum absolute atomic E-state index is 0.122. The van der Waals surface area contributed by atoms with Crippen LogP contribution >= 0.6 is 45.2 Å². The quantitative estimate of drug-likeness (QED) is 0.377. The first-order valence-corrected chi connectivity index (χ1v) is 12.1. The zero-order valence-corrected chi connectivity index (χ0v) is 22.3. The average molecular weight is 671 g/mol. The molecule has 1 N–H and O–H groups in total. The topological polar surface area (TPSA) is 90.9 Å². The number of ether oxygens (including phenoxy) is 3. The number of carbonyl (C=O) groups is 3. The summed E-state index contributed by atoms with van der Waals surface area (Å²) in [6.45, 7) is 1.59. The van der Waals surface area contributed by atoms with Crippen molar-refractivity contribution >= 4 is 68.6 Å². The van der Waals surface area contributed by atoms with Gasteiger partial charge < -0.3 is 19.5 Å². The molecular weight excluding hydrogens is 652 g/mol. The summed E-state index contributed by atoms with van der Waals surface area (Å²) in [6, 6.07) is 11.1. The SMILES string of the molecule is COC(=O)COc1c(I)cc([C@@H]2C(C(=O)OC)=C(C)NC3=C2C(=O)c2ccccc23)cc1I. The molecule has 0 bridgehead atoms. The number of esters is 2. The van der Waals surface area contributed by atoms with Gasteiger partial charge in [0.25, 0.3) is 0 Å². The summed E-state index contributed by atoms with van der Waals surface area (Å²) in [5.74, 6) is -1.20. The summed E-state index contributed by atoms with van der Waals surface area (Å²) < 4.78 is 16.9. The molecule has 2 aromatic rings. The van der Waals surface area contributed by atoms with Gasteiger partial charge in [-0.1, -0.05) is 24.3 Å². The lowest BCUT2D eigenvalue weighted by molar-refractivity contribution is -0.143. The largest absolute Gasteiger partial charge is 0.480 e. The van der Waals surface area contributed by atoms with Gasteiger partial charge in [-0.25, -0.2) is 9.59 Å². The van der Waals surface area contributed by atoms with Gasteiger partial charge in [0.1, 0.15) is 5.75 Å². The monoisotopic (exact) mass is 671 g/mol. The van der Waals surface area contributed by atoms with Crippen LogP contribution in [0.3, 0.4) is 0 Å². The third kappa shape index (κ3) is 4.16. The van der Waals surface area contributed by atoms with Gasteiger partial charge in [-0.3, -0.25) is 4.79 Å². The number of carbonyl (C=O) groups excluding carboxylic acids is 3. The first kappa shape index (κ1) is 23.7. The second-order valence-corrected chi connectivity index (χ2v) is 9.75. The van der Waals surface area contributed by atoms with Crippen molar-refractivity contribution in [2.24, 2.45) is 0 Å². The van der Waals surface area contributed by atoms with Crippen molar-refractivity contribution in [3.63, 3.8) is 0 Å². The molecule has 0 aromatic heterocycles. The summed E-state index contributed by atoms with van der Waals surface area (Å²) in [6.07, 6.45) is 0. The molecule has 1 aliphatic heterocycles. The Bertz CT molecular complexity index is 1240. The predicted molar refractivity (Wildman–Crippen MR) is 138 cm³/mol. The zero-order chi connectivity index (χ0) is 23.9. The Labute approximate surface area is 217 Å². The van der Waals surface area contributed by atoms with Crippen LogP contribution in [0.15, 0.2) is 53.2 Å². The van der Waals surface area contributed by atoms with Crippen molar-refractivity contribution < 1.29 is 28.6 Å². The molecule has 170 valence electrons. The number of nitrogens with one attached hydrogen (secondary N) is 1. The highest BCUT2D eigenvalue weighted by Crippen LogP contribution is 2.47. The molecule has 1 aliphatic carbocycles. The number of allylic oxidation sites excluding steroid dienone is 2. The highest BCUT2D eigenvalue weighted by molar-refractivity contribution is 14.1. The molecule has 7 nitrogen and oxygen atoms in total. The van der Waals surface area contributed by atoms with E-state index in [1.807, 2.05) is 30.3 Å². The highest BCUT2D eigenvalue weighted by Gasteiger charge is 2.43. The van der Waals surface area contributed by atoms with Gasteiger partial charge in [-0.2, -0.15) is 0 Å². The van der Waals surface area contributed by atoms with E-state index in [9.17, 15) is 14.4 Å². The standard InChI is InChI=1S/C24H19I2NO6/c1-11-18(24(30)32-3)19(20-21(27-11)13-6-4-5-7-14(13)22(20)29)12-8-15(25)23(16(26)9-12)33-10-17(28)31-2/h4-9,19,27H,10H2,1-3H3/t19-/m1/s1. The number of hydrogen-bond acceptors (Lipinski definition) is 7. The Balaban J connectivity index is 1.86. The van der Waals surface area contributed by atoms with Gasteiger partial charge in [-0.05, 0) is 69.8 Å². The van der Waals surface area contributed by atoms with E-state index < -0.39 is 17.9 Å². The fraction of sp³-hybridized carbons (Fsp3) is 0.208. The van der Waals surface area contributed by atoms with Crippen molar-refractivity contribution in [3.05, 3.63) is 77.1 Å². The first-order chi connectivity index (χ1) is 15.8.